The number of amides is 1. The third kappa shape index (κ3) is 6.83. The van der Waals surface area contributed by atoms with Gasteiger partial charge in [0.05, 0.1) is 10.5 Å². The molecule has 0 atom stereocenters. The van der Waals surface area contributed by atoms with Gasteiger partial charge in [0.2, 0.25) is 10.0 Å². The predicted octanol–water partition coefficient (Wildman–Crippen LogP) is 1.83. The molecule has 0 spiro atoms. The molecule has 0 heterocycles. The van der Waals surface area contributed by atoms with Gasteiger partial charge in [-0.3, -0.25) is 4.79 Å². The maximum Gasteiger partial charge on any atom is 0.338 e. The second-order valence-electron chi connectivity index (χ2n) is 6.66. The van der Waals surface area contributed by atoms with Gasteiger partial charge in [-0.15, -0.1) is 0 Å². The molecule has 0 saturated carbocycles. The van der Waals surface area contributed by atoms with Crippen LogP contribution in [0, 0.1) is 0 Å². The van der Waals surface area contributed by atoms with E-state index >= 15 is 0 Å². The van der Waals surface area contributed by atoms with Gasteiger partial charge in [-0.1, -0.05) is 6.92 Å². The van der Waals surface area contributed by atoms with E-state index in [0.29, 0.717) is 0 Å². The predicted molar refractivity (Wildman–Crippen MR) is 94.7 cm³/mol. The third-order valence-corrected chi connectivity index (χ3v) is 5.16. The van der Waals surface area contributed by atoms with Crippen molar-refractivity contribution in [3.63, 3.8) is 0 Å². The number of ether oxygens (including phenoxy) is 1. The summed E-state index contributed by atoms with van der Waals surface area (Å²) in [6.45, 7) is 8.73. The molecule has 2 N–H and O–H groups in total. The van der Waals surface area contributed by atoms with Crippen molar-refractivity contribution in [1.29, 1.82) is 0 Å². The van der Waals surface area contributed by atoms with E-state index in [0.717, 1.165) is 6.42 Å². The van der Waals surface area contributed by atoms with Gasteiger partial charge in [0, 0.05) is 11.6 Å². The zero-order valence-electron chi connectivity index (χ0n) is 15.3. The average Bonchev–Trinajstić information content (AvgIpc) is 2.51. The van der Waals surface area contributed by atoms with Crippen LogP contribution in [0.15, 0.2) is 29.2 Å². The first-order valence-electron chi connectivity index (χ1n) is 8.07. The van der Waals surface area contributed by atoms with Gasteiger partial charge in [0.15, 0.2) is 6.61 Å². The van der Waals surface area contributed by atoms with Crippen molar-refractivity contribution in [3.05, 3.63) is 29.8 Å². The zero-order chi connectivity index (χ0) is 19.3. The summed E-state index contributed by atoms with van der Waals surface area (Å²) in [7, 11) is -3.62. The molecule has 1 aromatic rings. The summed E-state index contributed by atoms with van der Waals surface area (Å²) < 4.78 is 31.4. The second-order valence-corrected chi connectivity index (χ2v) is 8.38. The molecule has 0 aliphatic rings. The molecule has 1 amide bonds. The Labute approximate surface area is 149 Å². The number of rotatable bonds is 8. The minimum Gasteiger partial charge on any atom is -0.452 e. The SMILES string of the molecule is CCC(C)(C)NC(=O)COC(=O)c1ccc(S(=O)(=O)NC(C)C)cc1. The summed E-state index contributed by atoms with van der Waals surface area (Å²) in [6, 6.07) is 5.11. The minimum absolute atomic E-state index is 0.0557. The Bertz CT molecular complexity index is 709. The van der Waals surface area contributed by atoms with Gasteiger partial charge in [-0.05, 0) is 58.4 Å². The van der Waals surface area contributed by atoms with Crippen molar-refractivity contribution in [1.82, 2.24) is 10.0 Å². The Morgan fingerprint density at radius 1 is 1.16 bits per heavy atom. The molecule has 0 bridgehead atoms. The van der Waals surface area contributed by atoms with Gasteiger partial charge >= 0.3 is 5.97 Å². The van der Waals surface area contributed by atoms with Gasteiger partial charge in [0.1, 0.15) is 0 Å². The highest BCUT2D eigenvalue weighted by atomic mass is 32.2. The standard InChI is InChI=1S/C17H26N2O5S/c1-6-17(4,5)18-15(20)11-24-16(21)13-7-9-14(10-8-13)25(22,23)19-12(2)3/h7-10,12,19H,6,11H2,1-5H3,(H,18,20). The molecule has 8 heteroatoms. The van der Waals surface area contributed by atoms with E-state index in [-0.39, 0.29) is 27.9 Å². The molecule has 0 radical (unpaired) electrons. The maximum atomic E-state index is 12.0. The van der Waals surface area contributed by atoms with E-state index < -0.39 is 22.6 Å². The number of hydrogen-bond donors (Lipinski definition) is 2. The van der Waals surface area contributed by atoms with Gasteiger partial charge in [-0.2, -0.15) is 0 Å². The van der Waals surface area contributed by atoms with E-state index in [1.54, 1.807) is 13.8 Å². The summed E-state index contributed by atoms with van der Waals surface area (Å²) >= 11 is 0. The summed E-state index contributed by atoms with van der Waals surface area (Å²) in [4.78, 5) is 23.8. The van der Waals surface area contributed by atoms with Crippen LogP contribution >= 0.6 is 0 Å². The van der Waals surface area contributed by atoms with Gasteiger partial charge < -0.3 is 10.1 Å². The first kappa shape index (κ1) is 21.1. The van der Waals surface area contributed by atoms with Crippen molar-refractivity contribution in [3.8, 4) is 0 Å². The lowest BCUT2D eigenvalue weighted by Gasteiger charge is -2.24. The normalized spacial score (nSPS) is 12.1. The second kappa shape index (κ2) is 8.44. The van der Waals surface area contributed by atoms with Crippen molar-refractivity contribution in [2.45, 2.75) is 57.5 Å². The monoisotopic (exact) mass is 370 g/mol. The average molecular weight is 370 g/mol. The molecule has 140 valence electrons. The first-order chi connectivity index (χ1) is 11.5. The maximum absolute atomic E-state index is 12.0. The Morgan fingerprint density at radius 3 is 2.20 bits per heavy atom. The highest BCUT2D eigenvalue weighted by molar-refractivity contribution is 7.89. The van der Waals surface area contributed by atoms with Gasteiger partial charge in [0.25, 0.3) is 5.91 Å². The third-order valence-electron chi connectivity index (χ3n) is 3.49. The molecule has 7 nitrogen and oxygen atoms in total. The number of hydrogen-bond acceptors (Lipinski definition) is 5. The lowest BCUT2D eigenvalue weighted by molar-refractivity contribution is -0.125. The number of carbonyl (C=O) groups excluding carboxylic acids is 2. The number of benzene rings is 1. The van der Waals surface area contributed by atoms with E-state index in [9.17, 15) is 18.0 Å². The fraction of sp³-hybridized carbons (Fsp3) is 0.529. The molecule has 0 aliphatic heterocycles. The Kier molecular flexibility index (Phi) is 7.13. The van der Waals surface area contributed by atoms with Crippen LogP contribution in [0.25, 0.3) is 0 Å². The van der Waals surface area contributed by atoms with Crippen molar-refractivity contribution >= 4 is 21.9 Å². The van der Waals surface area contributed by atoms with Crippen LogP contribution in [0.3, 0.4) is 0 Å². The molecule has 0 unspecified atom stereocenters. The van der Waals surface area contributed by atoms with Crippen LogP contribution in [-0.4, -0.2) is 38.5 Å². The number of sulfonamides is 1. The molecule has 1 aromatic carbocycles. The van der Waals surface area contributed by atoms with Gasteiger partial charge in [-0.25, -0.2) is 17.9 Å². The van der Waals surface area contributed by atoms with Crippen LogP contribution in [0.5, 0.6) is 0 Å². The van der Waals surface area contributed by atoms with E-state index in [1.165, 1.54) is 24.3 Å². The lowest BCUT2D eigenvalue weighted by atomic mass is 10.0. The Balaban J connectivity index is 2.68. The molecule has 0 aliphatic carbocycles. The molecular weight excluding hydrogens is 344 g/mol. The number of esters is 1. The van der Waals surface area contributed by atoms with Crippen LogP contribution in [0.4, 0.5) is 0 Å². The molecule has 1 rings (SSSR count). The Hall–Kier alpha value is -1.93. The largest absolute Gasteiger partial charge is 0.452 e. The van der Waals surface area contributed by atoms with Crippen molar-refractivity contribution < 1.29 is 22.7 Å². The molecule has 0 saturated heterocycles. The highest BCUT2D eigenvalue weighted by Crippen LogP contribution is 2.12. The molecule has 0 fully saturated rings. The molecule has 0 aromatic heterocycles. The lowest BCUT2D eigenvalue weighted by Crippen LogP contribution is -2.44. The van der Waals surface area contributed by atoms with Crippen LogP contribution in [0.2, 0.25) is 0 Å². The molecular formula is C17H26N2O5S. The van der Waals surface area contributed by atoms with Crippen LogP contribution < -0.4 is 10.0 Å². The summed E-state index contributed by atoms with van der Waals surface area (Å²) in [5, 5.41) is 2.76. The first-order valence-corrected chi connectivity index (χ1v) is 9.55. The topological polar surface area (TPSA) is 102 Å². The molecule has 25 heavy (non-hydrogen) atoms. The van der Waals surface area contributed by atoms with Crippen molar-refractivity contribution in [2.75, 3.05) is 6.61 Å². The quantitative estimate of drug-likeness (QED) is 0.680. The summed E-state index contributed by atoms with van der Waals surface area (Å²) in [5.41, 5.74) is -0.200. The minimum atomic E-state index is -3.62. The zero-order valence-corrected chi connectivity index (χ0v) is 16.1. The summed E-state index contributed by atoms with van der Waals surface area (Å²) in [6.07, 6.45) is 0.743. The fourth-order valence-electron chi connectivity index (χ4n) is 1.86. The number of nitrogens with one attached hydrogen (secondary N) is 2. The smallest absolute Gasteiger partial charge is 0.338 e. The fourth-order valence-corrected chi connectivity index (χ4v) is 3.12. The van der Waals surface area contributed by atoms with Crippen LogP contribution in [0.1, 0.15) is 51.4 Å². The summed E-state index contributed by atoms with van der Waals surface area (Å²) in [5.74, 6) is -1.08. The number of carbonyl (C=O) groups is 2. The van der Waals surface area contributed by atoms with Crippen molar-refractivity contribution in [2.24, 2.45) is 0 Å². The van der Waals surface area contributed by atoms with E-state index in [2.05, 4.69) is 10.0 Å². The van der Waals surface area contributed by atoms with E-state index in [1.807, 2.05) is 20.8 Å². The van der Waals surface area contributed by atoms with E-state index in [4.69, 9.17) is 4.74 Å². The highest BCUT2D eigenvalue weighted by Gasteiger charge is 2.20. The van der Waals surface area contributed by atoms with Crippen LogP contribution in [-0.2, 0) is 19.6 Å². The Morgan fingerprint density at radius 2 is 1.72 bits per heavy atom.